The number of H-pyrrole nitrogens is 2. The molecule has 0 unspecified atom stereocenters. The van der Waals surface area contributed by atoms with E-state index < -0.39 is 0 Å². The lowest BCUT2D eigenvalue weighted by atomic mass is 9.92. The summed E-state index contributed by atoms with van der Waals surface area (Å²) in [5, 5.41) is 0. The highest BCUT2D eigenvalue weighted by molar-refractivity contribution is 6.08. The summed E-state index contributed by atoms with van der Waals surface area (Å²) in [6.07, 6.45) is 0. The Balaban J connectivity index is 1.49. The van der Waals surface area contributed by atoms with Crippen molar-refractivity contribution in [3.8, 4) is 17.2 Å². The van der Waals surface area contributed by atoms with Crippen molar-refractivity contribution in [1.82, 2.24) is 9.97 Å². The van der Waals surface area contributed by atoms with E-state index in [1.807, 2.05) is 36.4 Å². The van der Waals surface area contributed by atoms with E-state index in [-0.39, 0.29) is 17.5 Å². The first-order chi connectivity index (χ1) is 19.0. The molecule has 0 aliphatic rings. The van der Waals surface area contributed by atoms with Crippen LogP contribution in [0.5, 0.6) is 17.2 Å². The molecule has 0 aliphatic carbocycles. The molecular formula is C32H28N2O5. The van der Waals surface area contributed by atoms with E-state index in [1.54, 1.807) is 82.0 Å². The van der Waals surface area contributed by atoms with Crippen molar-refractivity contribution in [3.05, 3.63) is 137 Å². The van der Waals surface area contributed by atoms with Crippen molar-refractivity contribution >= 4 is 11.6 Å². The lowest BCUT2D eigenvalue weighted by Crippen LogP contribution is -2.08. The summed E-state index contributed by atoms with van der Waals surface area (Å²) < 4.78 is 15.7. The van der Waals surface area contributed by atoms with Crippen LogP contribution in [0.25, 0.3) is 0 Å². The highest BCUT2D eigenvalue weighted by atomic mass is 16.5. The molecule has 3 aromatic carbocycles. The number of nitrogens with one attached hydrogen (secondary N) is 2. The molecule has 0 amide bonds. The van der Waals surface area contributed by atoms with Crippen LogP contribution < -0.4 is 14.2 Å². The number of carbonyl (C=O) groups is 2. The molecule has 0 bridgehead atoms. The minimum atomic E-state index is -0.286. The van der Waals surface area contributed by atoms with Gasteiger partial charge in [-0.15, -0.1) is 0 Å². The van der Waals surface area contributed by atoms with E-state index in [0.717, 1.165) is 22.7 Å². The van der Waals surface area contributed by atoms with Gasteiger partial charge in [-0.3, -0.25) is 9.59 Å². The average molecular weight is 521 g/mol. The van der Waals surface area contributed by atoms with E-state index >= 15 is 0 Å². The second-order valence-electron chi connectivity index (χ2n) is 8.98. The van der Waals surface area contributed by atoms with Crippen molar-refractivity contribution < 1.29 is 23.8 Å². The number of hydrogen-bond donors (Lipinski definition) is 2. The third-order valence-electron chi connectivity index (χ3n) is 6.68. The highest BCUT2D eigenvalue weighted by Gasteiger charge is 2.23. The molecule has 2 heterocycles. The molecule has 0 radical (unpaired) electrons. The van der Waals surface area contributed by atoms with Gasteiger partial charge in [-0.1, -0.05) is 12.1 Å². The van der Waals surface area contributed by atoms with Crippen molar-refractivity contribution in [2.24, 2.45) is 0 Å². The minimum Gasteiger partial charge on any atom is -0.497 e. The number of methoxy groups -OCH3 is 3. The summed E-state index contributed by atoms with van der Waals surface area (Å²) in [7, 11) is 4.80. The fourth-order valence-electron chi connectivity index (χ4n) is 4.54. The molecule has 2 N–H and O–H groups in total. The predicted octanol–water partition coefficient (Wildman–Crippen LogP) is 6.01. The monoisotopic (exact) mass is 520 g/mol. The lowest BCUT2D eigenvalue weighted by Gasteiger charge is -2.16. The topological polar surface area (TPSA) is 93.4 Å². The molecule has 0 saturated heterocycles. The first kappa shape index (κ1) is 25.6. The number of ether oxygens (including phenoxy) is 3. The maximum absolute atomic E-state index is 13.2. The quantitative estimate of drug-likeness (QED) is 0.220. The van der Waals surface area contributed by atoms with Gasteiger partial charge in [0.05, 0.1) is 38.6 Å². The summed E-state index contributed by atoms with van der Waals surface area (Å²) in [5.74, 6) is 1.57. The van der Waals surface area contributed by atoms with Crippen LogP contribution in [0.1, 0.15) is 55.0 Å². The summed E-state index contributed by atoms with van der Waals surface area (Å²) >= 11 is 0. The standard InChI is InChI=1S/C32H28N2O5/c1-37-23-10-4-20(5-11-23)30(26-16-18-28(33-26)31(35)21-6-12-24(38-2)13-7-21)27-17-19-29(34-27)32(36)22-8-14-25(39-3)15-9-22/h4-19,30,33-34H,1-3H3. The molecule has 0 fully saturated rings. The van der Waals surface area contributed by atoms with Crippen LogP contribution >= 0.6 is 0 Å². The first-order valence-electron chi connectivity index (χ1n) is 12.4. The van der Waals surface area contributed by atoms with Gasteiger partial charge in [0.2, 0.25) is 11.6 Å². The zero-order chi connectivity index (χ0) is 27.4. The molecule has 7 nitrogen and oxygen atoms in total. The molecule has 196 valence electrons. The van der Waals surface area contributed by atoms with Gasteiger partial charge in [0.25, 0.3) is 0 Å². The van der Waals surface area contributed by atoms with Crippen LogP contribution in [-0.2, 0) is 0 Å². The van der Waals surface area contributed by atoms with Crippen LogP contribution in [0, 0.1) is 0 Å². The molecule has 2 aromatic heterocycles. The third-order valence-corrected chi connectivity index (χ3v) is 6.68. The molecule has 5 aromatic rings. The Morgan fingerprint density at radius 2 is 0.872 bits per heavy atom. The minimum absolute atomic E-state index is 0.126. The summed E-state index contributed by atoms with van der Waals surface area (Å²) in [6, 6.07) is 29.1. The van der Waals surface area contributed by atoms with Gasteiger partial charge in [-0.05, 0) is 90.5 Å². The first-order valence-corrected chi connectivity index (χ1v) is 12.4. The van der Waals surface area contributed by atoms with E-state index in [9.17, 15) is 9.59 Å². The smallest absolute Gasteiger partial charge is 0.209 e. The Labute approximate surface area is 226 Å². The SMILES string of the molecule is COc1ccc(C(=O)c2ccc(C(c3ccc(OC)cc3)c3ccc(C(=O)c4ccc(OC)cc4)[nH]3)[nH]2)cc1. The van der Waals surface area contributed by atoms with Crippen LogP contribution in [0.3, 0.4) is 0 Å². The van der Waals surface area contributed by atoms with Crippen LogP contribution in [0.15, 0.2) is 97.1 Å². The Morgan fingerprint density at radius 1 is 0.513 bits per heavy atom. The number of benzene rings is 3. The highest BCUT2D eigenvalue weighted by Crippen LogP contribution is 2.33. The Hall–Kier alpha value is -5.04. The molecule has 0 saturated carbocycles. The van der Waals surface area contributed by atoms with Gasteiger partial charge in [0, 0.05) is 22.5 Å². The third kappa shape index (κ3) is 5.33. The van der Waals surface area contributed by atoms with E-state index in [1.165, 1.54) is 0 Å². The number of ketones is 2. The Bertz CT molecular complexity index is 1480. The zero-order valence-electron chi connectivity index (χ0n) is 21.9. The molecule has 7 heteroatoms. The van der Waals surface area contributed by atoms with Gasteiger partial charge < -0.3 is 24.2 Å². The molecule has 0 spiro atoms. The molecule has 0 atom stereocenters. The average Bonchev–Trinajstić information content (AvgIpc) is 3.68. The summed E-state index contributed by atoms with van der Waals surface area (Å²) in [5.41, 5.74) is 4.62. The maximum atomic E-state index is 13.2. The van der Waals surface area contributed by atoms with Crippen molar-refractivity contribution in [1.29, 1.82) is 0 Å². The summed E-state index contributed by atoms with van der Waals surface area (Å²) in [6.45, 7) is 0. The number of hydrogen-bond acceptors (Lipinski definition) is 5. The molecular weight excluding hydrogens is 492 g/mol. The lowest BCUT2D eigenvalue weighted by molar-refractivity contribution is 0.102. The molecule has 0 aliphatic heterocycles. The van der Waals surface area contributed by atoms with Crippen LogP contribution in [-0.4, -0.2) is 42.9 Å². The number of rotatable bonds is 10. The second kappa shape index (κ2) is 11.1. The molecule has 5 rings (SSSR count). The fraction of sp³-hybridized carbons (Fsp3) is 0.125. The van der Waals surface area contributed by atoms with Gasteiger partial charge in [0.1, 0.15) is 17.2 Å². The Morgan fingerprint density at radius 3 is 1.23 bits per heavy atom. The van der Waals surface area contributed by atoms with Gasteiger partial charge in [-0.25, -0.2) is 0 Å². The number of aromatic amines is 2. The van der Waals surface area contributed by atoms with Gasteiger partial charge in [-0.2, -0.15) is 0 Å². The maximum Gasteiger partial charge on any atom is 0.209 e. The largest absolute Gasteiger partial charge is 0.497 e. The Kier molecular flexibility index (Phi) is 7.32. The van der Waals surface area contributed by atoms with Gasteiger partial charge in [0.15, 0.2) is 0 Å². The molecule has 39 heavy (non-hydrogen) atoms. The van der Waals surface area contributed by atoms with E-state index in [0.29, 0.717) is 34.0 Å². The summed E-state index contributed by atoms with van der Waals surface area (Å²) in [4.78, 5) is 33.0. The normalized spacial score (nSPS) is 10.9. The van der Waals surface area contributed by atoms with Crippen molar-refractivity contribution in [2.45, 2.75) is 5.92 Å². The zero-order valence-corrected chi connectivity index (χ0v) is 21.9. The van der Waals surface area contributed by atoms with Crippen molar-refractivity contribution in [2.75, 3.05) is 21.3 Å². The van der Waals surface area contributed by atoms with Crippen LogP contribution in [0.4, 0.5) is 0 Å². The fourth-order valence-corrected chi connectivity index (χ4v) is 4.54. The predicted molar refractivity (Wildman–Crippen MR) is 148 cm³/mol. The van der Waals surface area contributed by atoms with Gasteiger partial charge >= 0.3 is 0 Å². The van der Waals surface area contributed by atoms with E-state index in [4.69, 9.17) is 14.2 Å². The number of carbonyl (C=O) groups excluding carboxylic acids is 2. The van der Waals surface area contributed by atoms with Crippen molar-refractivity contribution in [3.63, 3.8) is 0 Å². The van der Waals surface area contributed by atoms with Crippen LogP contribution in [0.2, 0.25) is 0 Å². The van der Waals surface area contributed by atoms with E-state index in [2.05, 4.69) is 9.97 Å². The second-order valence-corrected chi connectivity index (χ2v) is 8.98. The number of aromatic nitrogens is 2.